The molecule has 13 rings (SSSR count). The molecule has 0 saturated heterocycles. The first-order chi connectivity index (χ1) is 33.9. The van der Waals surface area contributed by atoms with Gasteiger partial charge in [-0.05, 0) is 98.4 Å². The normalized spacial score (nSPS) is 12.6. The van der Waals surface area contributed by atoms with Crippen LogP contribution in [0.15, 0.2) is 235 Å². The Morgan fingerprint density at radius 2 is 0.826 bits per heavy atom. The molecule has 2 aromatic heterocycles. The summed E-state index contributed by atoms with van der Waals surface area (Å²) in [6.07, 6.45) is 0. The quantitative estimate of drug-likeness (QED) is 0.152. The first kappa shape index (κ1) is 40.4. The highest BCUT2D eigenvalue weighted by Gasteiger charge is 2.36. The van der Waals surface area contributed by atoms with Crippen molar-refractivity contribution in [1.82, 2.24) is 15.0 Å². The summed E-state index contributed by atoms with van der Waals surface area (Å²) in [4.78, 5) is 17.5. The van der Waals surface area contributed by atoms with Crippen molar-refractivity contribution in [3.63, 3.8) is 0 Å². The minimum Gasteiger partial charge on any atom is -0.455 e. The number of hydrogen-bond acceptors (Lipinski definition) is 5. The minimum absolute atomic E-state index is 0.135. The Balaban J connectivity index is 0.933. The molecule has 5 heteroatoms. The van der Waals surface area contributed by atoms with Gasteiger partial charge in [-0.1, -0.05) is 196 Å². The van der Waals surface area contributed by atoms with Crippen molar-refractivity contribution in [1.29, 1.82) is 0 Å². The van der Waals surface area contributed by atoms with Crippen LogP contribution in [-0.2, 0) is 5.41 Å². The molecule has 0 radical (unpaired) electrons. The molecule has 0 fully saturated rings. The van der Waals surface area contributed by atoms with Gasteiger partial charge in [0.15, 0.2) is 17.5 Å². The lowest BCUT2D eigenvalue weighted by Gasteiger charge is -2.28. The molecule has 2 heterocycles. The zero-order valence-electron chi connectivity index (χ0n) is 38.1. The fourth-order valence-electron chi connectivity index (χ4n) is 10.4. The molecular formula is C64H44N4O. The predicted molar refractivity (Wildman–Crippen MR) is 284 cm³/mol. The highest BCUT2D eigenvalue weighted by atomic mass is 16.3. The van der Waals surface area contributed by atoms with Gasteiger partial charge < -0.3 is 9.32 Å². The average molecular weight is 885 g/mol. The number of fused-ring (bicyclic) bond motifs is 8. The molecule has 326 valence electrons. The van der Waals surface area contributed by atoms with Crippen LogP contribution in [0.25, 0.3) is 100 Å². The summed E-state index contributed by atoms with van der Waals surface area (Å²) in [5.74, 6) is 1.87. The molecular weight excluding hydrogens is 841 g/mol. The molecule has 0 bridgehead atoms. The van der Waals surface area contributed by atoms with Gasteiger partial charge in [-0.25, -0.2) is 15.0 Å². The van der Waals surface area contributed by atoms with Crippen LogP contribution in [0.5, 0.6) is 0 Å². The van der Waals surface area contributed by atoms with E-state index in [1.54, 1.807) is 0 Å². The van der Waals surface area contributed by atoms with Crippen molar-refractivity contribution < 1.29 is 4.42 Å². The Morgan fingerprint density at radius 1 is 0.333 bits per heavy atom. The molecule has 0 atom stereocenters. The van der Waals surface area contributed by atoms with Gasteiger partial charge in [0.1, 0.15) is 11.2 Å². The van der Waals surface area contributed by atoms with Crippen LogP contribution < -0.4 is 4.90 Å². The summed E-state index contributed by atoms with van der Waals surface area (Å²) in [6, 6.07) is 81.5. The molecule has 0 spiro atoms. The minimum atomic E-state index is -0.135. The van der Waals surface area contributed by atoms with Crippen molar-refractivity contribution in [3.8, 4) is 67.5 Å². The Labute approximate surface area is 400 Å². The van der Waals surface area contributed by atoms with Crippen LogP contribution in [0.3, 0.4) is 0 Å². The summed E-state index contributed by atoms with van der Waals surface area (Å²) < 4.78 is 6.79. The van der Waals surface area contributed by atoms with Gasteiger partial charge in [-0.3, -0.25) is 0 Å². The maximum absolute atomic E-state index is 6.79. The second-order valence-electron chi connectivity index (χ2n) is 18.4. The number of rotatable bonds is 8. The summed E-state index contributed by atoms with van der Waals surface area (Å²) in [6.45, 7) is 4.68. The van der Waals surface area contributed by atoms with Crippen molar-refractivity contribution in [2.45, 2.75) is 19.3 Å². The molecule has 0 aliphatic heterocycles. The van der Waals surface area contributed by atoms with E-state index in [0.717, 1.165) is 83.2 Å². The number of furan rings is 1. The van der Waals surface area contributed by atoms with Gasteiger partial charge in [0.05, 0.1) is 0 Å². The molecule has 0 unspecified atom stereocenters. The molecule has 1 aliphatic carbocycles. The number of aromatic nitrogens is 3. The van der Waals surface area contributed by atoms with Gasteiger partial charge in [-0.15, -0.1) is 0 Å². The van der Waals surface area contributed by atoms with E-state index in [9.17, 15) is 0 Å². The van der Waals surface area contributed by atoms with E-state index in [-0.39, 0.29) is 5.41 Å². The van der Waals surface area contributed by atoms with Gasteiger partial charge in [0.25, 0.3) is 0 Å². The molecule has 5 nitrogen and oxygen atoms in total. The predicted octanol–water partition coefficient (Wildman–Crippen LogP) is 17.0. The van der Waals surface area contributed by atoms with E-state index >= 15 is 0 Å². The Hall–Kier alpha value is -8.93. The van der Waals surface area contributed by atoms with Crippen LogP contribution in [0.1, 0.15) is 25.0 Å². The highest BCUT2D eigenvalue weighted by molar-refractivity contribution is 6.20. The Morgan fingerprint density at radius 3 is 1.52 bits per heavy atom. The van der Waals surface area contributed by atoms with E-state index in [4.69, 9.17) is 19.4 Å². The number of benzene rings is 10. The number of hydrogen-bond donors (Lipinski definition) is 0. The third-order valence-electron chi connectivity index (χ3n) is 13.9. The number of para-hydroxylation sites is 2. The smallest absolute Gasteiger partial charge is 0.164 e. The SMILES string of the molecule is CC1(C)c2ccccc2-c2ccc(N(c3ccccc3)c3ccc4c(-c5ccc(-c6nc(-c7ccccc7)nc(-c7ccc(-c8ccccc8)cc7)n6)cc5)cc5c6ccccc6oc5c4c3)cc21. The highest BCUT2D eigenvalue weighted by Crippen LogP contribution is 2.51. The summed E-state index contributed by atoms with van der Waals surface area (Å²) in [5.41, 5.74) is 17.4. The van der Waals surface area contributed by atoms with Gasteiger partial charge >= 0.3 is 0 Å². The Kier molecular flexibility index (Phi) is 9.44. The molecule has 0 N–H and O–H groups in total. The van der Waals surface area contributed by atoms with E-state index in [1.165, 1.54) is 27.8 Å². The second kappa shape index (κ2) is 16.1. The largest absolute Gasteiger partial charge is 0.455 e. The van der Waals surface area contributed by atoms with E-state index in [1.807, 2.05) is 42.5 Å². The summed E-state index contributed by atoms with van der Waals surface area (Å²) in [7, 11) is 0. The fraction of sp³-hybridized carbons (Fsp3) is 0.0469. The zero-order chi connectivity index (χ0) is 46.1. The van der Waals surface area contributed by atoms with Crippen molar-refractivity contribution in [3.05, 3.63) is 242 Å². The maximum Gasteiger partial charge on any atom is 0.164 e. The molecule has 0 saturated carbocycles. The second-order valence-corrected chi connectivity index (χ2v) is 18.4. The van der Waals surface area contributed by atoms with E-state index in [2.05, 4.69) is 207 Å². The number of anilines is 3. The third kappa shape index (κ3) is 6.89. The average Bonchev–Trinajstić information content (AvgIpc) is 3.91. The van der Waals surface area contributed by atoms with Crippen molar-refractivity contribution in [2.75, 3.05) is 4.90 Å². The van der Waals surface area contributed by atoms with Crippen molar-refractivity contribution >= 4 is 49.8 Å². The Bertz CT molecular complexity index is 3900. The first-order valence-corrected chi connectivity index (χ1v) is 23.5. The zero-order valence-corrected chi connectivity index (χ0v) is 38.1. The van der Waals surface area contributed by atoms with Crippen molar-refractivity contribution in [2.24, 2.45) is 0 Å². The molecule has 69 heavy (non-hydrogen) atoms. The van der Waals surface area contributed by atoms with Crippen LogP contribution in [-0.4, -0.2) is 15.0 Å². The third-order valence-corrected chi connectivity index (χ3v) is 13.9. The van der Waals surface area contributed by atoms with Crippen LogP contribution in [0.4, 0.5) is 17.1 Å². The van der Waals surface area contributed by atoms with Gasteiger partial charge in [-0.2, -0.15) is 0 Å². The standard InChI is InChI=1S/C64H44N4O/c1-64(2)57-24-14-12-22-51(57)52-37-35-49(39-58(52)64)68(47-20-10-5-11-21-47)48-34-36-50-54(40-56-53-23-13-15-25-59(53)69-60(56)55(50)38-48)43-28-32-46(33-29-43)63-66-61(44-18-8-4-9-19-44)65-62(67-63)45-30-26-42(27-31-45)41-16-6-3-7-17-41/h3-40H,1-2H3. The van der Waals surface area contributed by atoms with E-state index < -0.39 is 0 Å². The fourth-order valence-corrected chi connectivity index (χ4v) is 10.4. The lowest BCUT2D eigenvalue weighted by atomic mass is 9.82. The topological polar surface area (TPSA) is 55.1 Å². The van der Waals surface area contributed by atoms with Gasteiger partial charge in [0.2, 0.25) is 0 Å². The van der Waals surface area contributed by atoms with E-state index in [0.29, 0.717) is 17.5 Å². The molecule has 0 amide bonds. The van der Waals surface area contributed by atoms with Crippen LogP contribution in [0, 0.1) is 0 Å². The molecule has 1 aliphatic rings. The van der Waals surface area contributed by atoms with Gasteiger partial charge in [0, 0.05) is 55.3 Å². The van der Waals surface area contributed by atoms with Crippen LogP contribution in [0.2, 0.25) is 0 Å². The lowest BCUT2D eigenvalue weighted by molar-refractivity contribution is 0.660. The summed E-state index contributed by atoms with van der Waals surface area (Å²) >= 11 is 0. The number of nitrogens with zero attached hydrogens (tertiary/aromatic N) is 4. The molecule has 10 aromatic carbocycles. The lowest BCUT2D eigenvalue weighted by Crippen LogP contribution is -2.16. The van der Waals surface area contributed by atoms with Crippen LogP contribution >= 0.6 is 0 Å². The monoisotopic (exact) mass is 884 g/mol. The first-order valence-electron chi connectivity index (χ1n) is 23.5. The molecule has 12 aromatic rings. The summed E-state index contributed by atoms with van der Waals surface area (Å²) in [5, 5.41) is 4.30. The maximum atomic E-state index is 6.79.